The van der Waals surface area contributed by atoms with Gasteiger partial charge < -0.3 is 4.74 Å². The summed E-state index contributed by atoms with van der Waals surface area (Å²) in [6, 6.07) is 23.5. The van der Waals surface area contributed by atoms with Crippen LogP contribution in [0.1, 0.15) is 55.0 Å². The maximum absolute atomic E-state index is 13.5. The summed E-state index contributed by atoms with van der Waals surface area (Å²) in [6.45, 7) is 0.496. The van der Waals surface area contributed by atoms with E-state index in [2.05, 4.69) is 21.0 Å². The third-order valence-corrected chi connectivity index (χ3v) is 6.73. The minimum absolute atomic E-state index is 0.139. The molecule has 1 heterocycles. The van der Waals surface area contributed by atoms with E-state index in [9.17, 15) is 4.79 Å². The van der Waals surface area contributed by atoms with E-state index >= 15 is 0 Å². The van der Waals surface area contributed by atoms with E-state index in [1.807, 2.05) is 72.8 Å². The second-order valence-corrected chi connectivity index (χ2v) is 9.59. The fourth-order valence-corrected chi connectivity index (χ4v) is 4.81. The lowest BCUT2D eigenvalue weighted by Crippen LogP contribution is -2.25. The van der Waals surface area contributed by atoms with Gasteiger partial charge in [-0.2, -0.15) is 9.78 Å². The first kappa shape index (κ1) is 22.5. The number of halogens is 1. The number of nitrogens with zero attached hydrogens (tertiary/aromatic N) is 3. The fourth-order valence-electron chi connectivity index (χ4n) is 4.45. The van der Waals surface area contributed by atoms with Gasteiger partial charge in [-0.15, -0.1) is 0 Å². The number of rotatable bonds is 6. The lowest BCUT2D eigenvalue weighted by molar-refractivity contribution is 0.306. The average Bonchev–Trinajstić information content (AvgIpc) is 2.88. The zero-order valence-electron chi connectivity index (χ0n) is 18.9. The number of hydrogen-bond acceptors (Lipinski definition) is 4. The van der Waals surface area contributed by atoms with Gasteiger partial charge in [-0.3, -0.25) is 4.79 Å². The summed E-state index contributed by atoms with van der Waals surface area (Å²) in [5.74, 6) is 1.76. The molecule has 5 nitrogen and oxygen atoms in total. The molecule has 6 heteroatoms. The lowest BCUT2D eigenvalue weighted by Gasteiger charge is -2.22. The molecule has 0 atom stereocenters. The van der Waals surface area contributed by atoms with Crippen molar-refractivity contribution in [1.29, 1.82) is 0 Å². The quantitative estimate of drug-likeness (QED) is 0.269. The Morgan fingerprint density at radius 2 is 1.82 bits per heavy atom. The molecule has 172 valence electrons. The SMILES string of the molecule is O=c1c2cc(Br)ccc2nc(C2CCCCC2)n1N=Cc1cccc(OCc2ccccc2)c1. The van der Waals surface area contributed by atoms with Gasteiger partial charge in [0, 0.05) is 10.4 Å². The van der Waals surface area contributed by atoms with Crippen LogP contribution in [0.3, 0.4) is 0 Å². The van der Waals surface area contributed by atoms with E-state index < -0.39 is 0 Å². The first-order valence-electron chi connectivity index (χ1n) is 11.7. The molecule has 0 amide bonds. The summed E-state index contributed by atoms with van der Waals surface area (Å²) in [6.07, 6.45) is 7.33. The lowest BCUT2D eigenvalue weighted by atomic mass is 9.88. The van der Waals surface area contributed by atoms with Gasteiger partial charge in [0.1, 0.15) is 18.2 Å². The largest absolute Gasteiger partial charge is 0.489 e. The van der Waals surface area contributed by atoms with Gasteiger partial charge in [-0.1, -0.05) is 77.7 Å². The van der Waals surface area contributed by atoms with Crippen LogP contribution < -0.4 is 10.3 Å². The van der Waals surface area contributed by atoms with Crippen LogP contribution in [0.2, 0.25) is 0 Å². The third-order valence-electron chi connectivity index (χ3n) is 6.23. The summed E-state index contributed by atoms with van der Waals surface area (Å²) in [7, 11) is 0. The van der Waals surface area contributed by atoms with E-state index in [0.29, 0.717) is 12.0 Å². The third kappa shape index (κ3) is 5.12. The van der Waals surface area contributed by atoms with E-state index in [0.717, 1.165) is 58.4 Å². The Bertz CT molecular complexity index is 1380. The molecule has 1 fully saturated rings. The molecule has 0 spiro atoms. The topological polar surface area (TPSA) is 56.5 Å². The van der Waals surface area contributed by atoms with Crippen LogP contribution in [0.4, 0.5) is 0 Å². The Labute approximate surface area is 207 Å². The van der Waals surface area contributed by atoms with E-state index in [1.54, 1.807) is 6.21 Å². The number of fused-ring (bicyclic) bond motifs is 1. The zero-order valence-corrected chi connectivity index (χ0v) is 20.4. The molecule has 4 aromatic rings. The molecule has 0 saturated heterocycles. The maximum atomic E-state index is 13.5. The van der Waals surface area contributed by atoms with Crippen LogP contribution in [0, 0.1) is 0 Å². The van der Waals surface area contributed by atoms with Crippen molar-refractivity contribution in [3.8, 4) is 5.75 Å². The zero-order chi connectivity index (χ0) is 23.3. The van der Waals surface area contributed by atoms with Crippen molar-refractivity contribution < 1.29 is 4.74 Å². The summed E-state index contributed by atoms with van der Waals surface area (Å²) in [4.78, 5) is 18.4. The highest BCUT2D eigenvalue weighted by molar-refractivity contribution is 9.10. The van der Waals surface area contributed by atoms with Crippen LogP contribution in [0.15, 0.2) is 87.2 Å². The first-order valence-corrected chi connectivity index (χ1v) is 12.5. The standard InChI is InChI=1S/C28H26BrN3O2/c29-23-14-15-26-25(17-23)28(33)32(27(31-26)22-11-5-2-6-12-22)30-18-21-10-7-13-24(16-21)34-19-20-8-3-1-4-9-20/h1,3-4,7-10,13-18,22H,2,5-6,11-12,19H2. The normalized spacial score (nSPS) is 14.6. The van der Waals surface area contributed by atoms with Crippen molar-refractivity contribution >= 4 is 33.0 Å². The molecule has 0 N–H and O–H groups in total. The molecular formula is C28H26BrN3O2. The van der Waals surface area contributed by atoms with Crippen LogP contribution >= 0.6 is 15.9 Å². The molecule has 1 aromatic heterocycles. The second kappa shape index (κ2) is 10.3. The highest BCUT2D eigenvalue weighted by Crippen LogP contribution is 2.32. The molecule has 1 aliphatic rings. The van der Waals surface area contributed by atoms with Gasteiger partial charge in [0.15, 0.2) is 0 Å². The van der Waals surface area contributed by atoms with Gasteiger partial charge >= 0.3 is 0 Å². The van der Waals surface area contributed by atoms with Crippen LogP contribution in [-0.4, -0.2) is 15.9 Å². The highest BCUT2D eigenvalue weighted by Gasteiger charge is 2.22. The monoisotopic (exact) mass is 515 g/mol. The van der Waals surface area contributed by atoms with Gasteiger partial charge in [-0.25, -0.2) is 4.98 Å². The van der Waals surface area contributed by atoms with Gasteiger partial charge in [0.25, 0.3) is 5.56 Å². The molecule has 34 heavy (non-hydrogen) atoms. The minimum Gasteiger partial charge on any atom is -0.489 e. The molecule has 3 aromatic carbocycles. The Balaban J connectivity index is 1.47. The van der Waals surface area contributed by atoms with E-state index in [-0.39, 0.29) is 11.5 Å². The van der Waals surface area contributed by atoms with Crippen molar-refractivity contribution in [2.45, 2.75) is 44.6 Å². The van der Waals surface area contributed by atoms with E-state index in [1.165, 1.54) is 11.1 Å². The number of ether oxygens (including phenoxy) is 1. The summed E-state index contributed by atoms with van der Waals surface area (Å²) >= 11 is 3.47. The fraction of sp³-hybridized carbons (Fsp3) is 0.250. The van der Waals surface area contributed by atoms with Gasteiger partial charge in [-0.05, 0) is 54.3 Å². The van der Waals surface area contributed by atoms with Crippen LogP contribution in [0.5, 0.6) is 5.75 Å². The highest BCUT2D eigenvalue weighted by atomic mass is 79.9. The Kier molecular flexibility index (Phi) is 6.86. The summed E-state index contributed by atoms with van der Waals surface area (Å²) in [5.41, 5.74) is 2.55. The molecule has 1 saturated carbocycles. The molecule has 1 aliphatic carbocycles. The molecule has 0 unspecified atom stereocenters. The summed E-state index contributed by atoms with van der Waals surface area (Å²) < 4.78 is 8.30. The molecule has 0 bridgehead atoms. The van der Waals surface area contributed by atoms with Crippen LogP contribution in [-0.2, 0) is 6.61 Å². The number of benzene rings is 3. The summed E-state index contributed by atoms with van der Waals surface area (Å²) in [5, 5.41) is 5.20. The average molecular weight is 516 g/mol. The van der Waals surface area contributed by atoms with Crippen molar-refractivity contribution in [2.24, 2.45) is 5.10 Å². The van der Waals surface area contributed by atoms with Crippen molar-refractivity contribution in [3.63, 3.8) is 0 Å². The second-order valence-electron chi connectivity index (χ2n) is 8.67. The molecule has 0 radical (unpaired) electrons. The molecule has 0 aliphatic heterocycles. The molecular weight excluding hydrogens is 490 g/mol. The molecule has 5 rings (SSSR count). The predicted molar refractivity (Wildman–Crippen MR) is 140 cm³/mol. The maximum Gasteiger partial charge on any atom is 0.282 e. The minimum atomic E-state index is -0.139. The van der Waals surface area contributed by atoms with Crippen molar-refractivity contribution in [2.75, 3.05) is 0 Å². The number of aromatic nitrogens is 2. The first-order chi connectivity index (χ1) is 16.7. The Morgan fingerprint density at radius 1 is 1.00 bits per heavy atom. The van der Waals surface area contributed by atoms with E-state index in [4.69, 9.17) is 9.72 Å². The number of hydrogen-bond donors (Lipinski definition) is 0. The van der Waals surface area contributed by atoms with Gasteiger partial charge in [0.05, 0.1) is 17.1 Å². The van der Waals surface area contributed by atoms with Crippen molar-refractivity contribution in [1.82, 2.24) is 9.66 Å². The predicted octanol–water partition coefficient (Wildman–Crippen LogP) is 6.67. The Hall–Kier alpha value is -3.25. The smallest absolute Gasteiger partial charge is 0.282 e. The van der Waals surface area contributed by atoms with Gasteiger partial charge in [0.2, 0.25) is 0 Å². The Morgan fingerprint density at radius 3 is 2.65 bits per heavy atom. The van der Waals surface area contributed by atoms with Crippen molar-refractivity contribution in [3.05, 3.63) is 105 Å². The van der Waals surface area contributed by atoms with Crippen LogP contribution in [0.25, 0.3) is 10.9 Å².